The number of imidazole rings is 1. The van der Waals surface area contributed by atoms with Crippen LogP contribution < -0.4 is 9.47 Å². The summed E-state index contributed by atoms with van der Waals surface area (Å²) in [5.41, 5.74) is 4.38. The topological polar surface area (TPSA) is 117 Å². The number of carbonyl (C=O) groups is 1. The van der Waals surface area contributed by atoms with Gasteiger partial charge < -0.3 is 23.5 Å². The molecule has 11 nitrogen and oxygen atoms in total. The lowest BCUT2D eigenvalue weighted by molar-refractivity contribution is 0.0711. The summed E-state index contributed by atoms with van der Waals surface area (Å²) in [6, 6.07) is 13.2. The number of hydrogen-bond donors (Lipinski definition) is 0. The number of hydrogen-bond acceptors (Lipinski definition) is 10. The first-order valence-corrected chi connectivity index (χ1v) is 14.7. The second-order valence-corrected chi connectivity index (χ2v) is 11.2. The number of rotatable bonds is 8. The van der Waals surface area contributed by atoms with Crippen molar-refractivity contribution < 1.29 is 23.4 Å². The van der Waals surface area contributed by atoms with Gasteiger partial charge in [-0.25, -0.2) is 19.5 Å². The van der Waals surface area contributed by atoms with Gasteiger partial charge in [0.25, 0.3) is 11.7 Å². The third-order valence-electron chi connectivity index (χ3n) is 7.44. The SMILES string of the molecule is COc1cc(OCc2csc(-c3ccc(C(=O)N(C)[C@H]4CCOC4)cc3)n2)c2cc(-c3cn4nc(C)cnc4n3)oc2c1. The third-order valence-corrected chi connectivity index (χ3v) is 8.38. The van der Waals surface area contributed by atoms with Gasteiger partial charge in [0.1, 0.15) is 34.4 Å². The first-order valence-electron chi connectivity index (χ1n) is 13.8. The van der Waals surface area contributed by atoms with E-state index in [9.17, 15) is 4.79 Å². The molecule has 6 aromatic rings. The summed E-state index contributed by atoms with van der Waals surface area (Å²) in [7, 11) is 3.43. The fourth-order valence-electron chi connectivity index (χ4n) is 5.04. The zero-order chi connectivity index (χ0) is 29.5. The average Bonchev–Trinajstić information content (AvgIpc) is 3.85. The molecule has 12 heteroatoms. The van der Waals surface area contributed by atoms with Crippen LogP contribution in [0.5, 0.6) is 11.5 Å². The molecule has 1 amide bonds. The van der Waals surface area contributed by atoms with Crippen LogP contribution in [-0.4, -0.2) is 68.8 Å². The number of ether oxygens (including phenoxy) is 3. The van der Waals surface area contributed by atoms with Crippen molar-refractivity contribution in [2.24, 2.45) is 0 Å². The molecule has 0 bridgehead atoms. The summed E-state index contributed by atoms with van der Waals surface area (Å²) in [6.45, 7) is 3.41. The molecule has 0 saturated carbocycles. The third kappa shape index (κ3) is 5.30. The van der Waals surface area contributed by atoms with Gasteiger partial charge in [-0.05, 0) is 31.5 Å². The van der Waals surface area contributed by atoms with E-state index in [0.29, 0.717) is 53.1 Å². The van der Waals surface area contributed by atoms with Crippen molar-refractivity contribution in [3.05, 3.63) is 77.2 Å². The maximum atomic E-state index is 12.9. The molecular formula is C31H28N6O5S. The highest BCUT2D eigenvalue weighted by molar-refractivity contribution is 7.13. The van der Waals surface area contributed by atoms with Gasteiger partial charge in [-0.3, -0.25) is 4.79 Å². The highest BCUT2D eigenvalue weighted by Gasteiger charge is 2.25. The van der Waals surface area contributed by atoms with E-state index >= 15 is 0 Å². The Morgan fingerprint density at radius 2 is 2.05 bits per heavy atom. The van der Waals surface area contributed by atoms with E-state index in [1.54, 1.807) is 28.9 Å². The van der Waals surface area contributed by atoms with E-state index in [1.165, 1.54) is 11.3 Å². The Hall–Kier alpha value is -4.81. The van der Waals surface area contributed by atoms with Crippen LogP contribution in [0.3, 0.4) is 0 Å². The number of methoxy groups -OCH3 is 1. The van der Waals surface area contributed by atoms with Crippen LogP contribution in [0, 0.1) is 6.92 Å². The van der Waals surface area contributed by atoms with Gasteiger partial charge in [-0.15, -0.1) is 11.3 Å². The molecule has 1 aliphatic heterocycles. The second-order valence-electron chi connectivity index (χ2n) is 10.4. The Morgan fingerprint density at radius 1 is 1.19 bits per heavy atom. The lowest BCUT2D eigenvalue weighted by atomic mass is 10.1. The summed E-state index contributed by atoms with van der Waals surface area (Å²) in [5.74, 6) is 2.26. The van der Waals surface area contributed by atoms with E-state index in [4.69, 9.17) is 23.6 Å². The normalized spacial score (nSPS) is 14.9. The van der Waals surface area contributed by atoms with Crippen molar-refractivity contribution in [2.45, 2.75) is 26.0 Å². The molecule has 1 saturated heterocycles. The van der Waals surface area contributed by atoms with E-state index in [2.05, 4.69) is 15.1 Å². The molecule has 5 heterocycles. The van der Waals surface area contributed by atoms with Crippen LogP contribution in [0.1, 0.15) is 28.2 Å². The molecule has 0 spiro atoms. The number of nitrogens with zero attached hydrogens (tertiary/aromatic N) is 6. The van der Waals surface area contributed by atoms with Crippen LogP contribution in [0.2, 0.25) is 0 Å². The Labute approximate surface area is 250 Å². The predicted octanol–water partition coefficient (Wildman–Crippen LogP) is 5.42. The monoisotopic (exact) mass is 596 g/mol. The Kier molecular flexibility index (Phi) is 6.99. The zero-order valence-corrected chi connectivity index (χ0v) is 24.6. The smallest absolute Gasteiger partial charge is 0.253 e. The van der Waals surface area contributed by atoms with Crippen LogP contribution in [0.25, 0.3) is 38.8 Å². The molecule has 0 aliphatic carbocycles. The summed E-state index contributed by atoms with van der Waals surface area (Å²) in [6.07, 6.45) is 4.32. The number of likely N-dealkylation sites (N-methyl/N-ethyl adjacent to an activating group) is 1. The Morgan fingerprint density at radius 3 is 2.84 bits per heavy atom. The molecule has 7 rings (SSSR count). The Bertz CT molecular complexity index is 1940. The quantitative estimate of drug-likeness (QED) is 0.227. The first kappa shape index (κ1) is 27.0. The van der Waals surface area contributed by atoms with Gasteiger partial charge in [0.15, 0.2) is 5.76 Å². The number of thiazole rings is 1. The number of furan rings is 1. The molecular weight excluding hydrogens is 568 g/mol. The van der Waals surface area contributed by atoms with Crippen LogP contribution >= 0.6 is 11.3 Å². The van der Waals surface area contributed by atoms with Gasteiger partial charge in [0.2, 0.25) is 0 Å². The Balaban J connectivity index is 1.08. The summed E-state index contributed by atoms with van der Waals surface area (Å²) < 4.78 is 24.9. The minimum Gasteiger partial charge on any atom is -0.496 e. The lowest BCUT2D eigenvalue weighted by Gasteiger charge is -2.23. The maximum Gasteiger partial charge on any atom is 0.253 e. The van der Waals surface area contributed by atoms with Gasteiger partial charge in [-0.2, -0.15) is 5.10 Å². The fraction of sp³-hybridized carbons (Fsp3) is 0.258. The van der Waals surface area contributed by atoms with Crippen LogP contribution in [0.15, 0.2) is 64.7 Å². The van der Waals surface area contributed by atoms with Crippen LogP contribution in [0.4, 0.5) is 0 Å². The first-order chi connectivity index (χ1) is 20.9. The highest BCUT2D eigenvalue weighted by atomic mass is 32.1. The molecule has 1 aliphatic rings. The second kappa shape index (κ2) is 11.1. The highest BCUT2D eigenvalue weighted by Crippen LogP contribution is 2.37. The van der Waals surface area contributed by atoms with Crippen molar-refractivity contribution in [3.8, 4) is 33.5 Å². The van der Waals surface area contributed by atoms with Crippen molar-refractivity contribution in [1.29, 1.82) is 0 Å². The molecule has 0 unspecified atom stereocenters. The number of carbonyl (C=O) groups excluding carboxylic acids is 1. The number of amides is 1. The lowest BCUT2D eigenvalue weighted by Crippen LogP contribution is -2.37. The van der Waals surface area contributed by atoms with Crippen molar-refractivity contribution >= 4 is 34.0 Å². The minimum absolute atomic E-state index is 0.00750. The largest absolute Gasteiger partial charge is 0.496 e. The molecule has 0 N–H and O–H groups in total. The maximum absolute atomic E-state index is 12.9. The van der Waals surface area contributed by atoms with Crippen molar-refractivity contribution in [1.82, 2.24) is 29.5 Å². The molecule has 1 atom stereocenters. The van der Waals surface area contributed by atoms with Gasteiger partial charge in [0.05, 0.1) is 48.9 Å². The van der Waals surface area contributed by atoms with E-state index in [-0.39, 0.29) is 18.6 Å². The van der Waals surface area contributed by atoms with Gasteiger partial charge >= 0.3 is 0 Å². The molecule has 0 radical (unpaired) electrons. The molecule has 1 fully saturated rings. The molecule has 4 aromatic heterocycles. The molecule has 2 aromatic carbocycles. The number of aromatic nitrogens is 5. The van der Waals surface area contributed by atoms with Gasteiger partial charge in [0, 0.05) is 42.3 Å². The van der Waals surface area contributed by atoms with Gasteiger partial charge in [-0.1, -0.05) is 12.1 Å². The van der Waals surface area contributed by atoms with E-state index < -0.39 is 0 Å². The van der Waals surface area contributed by atoms with Crippen LogP contribution in [-0.2, 0) is 11.3 Å². The molecule has 43 heavy (non-hydrogen) atoms. The summed E-state index contributed by atoms with van der Waals surface area (Å²) in [4.78, 5) is 28.3. The van der Waals surface area contributed by atoms with E-state index in [0.717, 1.165) is 33.8 Å². The summed E-state index contributed by atoms with van der Waals surface area (Å²) >= 11 is 1.53. The number of aryl methyl sites for hydroxylation is 1. The number of fused-ring (bicyclic) bond motifs is 2. The standard InChI is InChI=1S/C31H28N6O5S/c1-18-13-32-31-34-25(14-37(31)35-18)28-12-24-26(10-23(39-3)11-27(24)42-28)41-15-21-17-43-29(33-21)19-4-6-20(7-5-19)30(38)36(2)22-8-9-40-16-22/h4-7,10-14,17,22H,8-9,15-16H2,1-3H3/t22-/m0/s1. The average molecular weight is 597 g/mol. The predicted molar refractivity (Wildman–Crippen MR) is 160 cm³/mol. The minimum atomic E-state index is -0.00750. The summed E-state index contributed by atoms with van der Waals surface area (Å²) in [5, 5.41) is 8.03. The van der Waals surface area contributed by atoms with E-state index in [1.807, 2.05) is 61.8 Å². The van der Waals surface area contributed by atoms with Crippen molar-refractivity contribution in [2.75, 3.05) is 27.4 Å². The fourth-order valence-corrected chi connectivity index (χ4v) is 5.86. The number of benzene rings is 2. The molecule has 218 valence electrons. The van der Waals surface area contributed by atoms with Crippen molar-refractivity contribution in [3.63, 3.8) is 0 Å². The zero-order valence-electron chi connectivity index (χ0n) is 23.8.